The highest BCUT2D eigenvalue weighted by Gasteiger charge is 2.43. The number of carbonyl (C=O) groups excluding carboxylic acids is 1. The second-order valence-corrected chi connectivity index (χ2v) is 8.46. The molecule has 0 radical (unpaired) electrons. The highest BCUT2D eigenvalue weighted by Crippen LogP contribution is 2.48. The molecular weight excluding hydrogens is 410 g/mol. The predicted octanol–water partition coefficient (Wildman–Crippen LogP) is 5.95. The molecule has 5 rings (SSSR count). The van der Waals surface area contributed by atoms with E-state index >= 15 is 0 Å². The molecule has 0 bridgehead atoms. The van der Waals surface area contributed by atoms with E-state index in [1.54, 1.807) is 12.4 Å². The van der Waals surface area contributed by atoms with E-state index in [1.165, 1.54) is 0 Å². The molecule has 1 atom stereocenters. The lowest BCUT2D eigenvalue weighted by Gasteiger charge is -2.42. The number of benzene rings is 2. The Kier molecular flexibility index (Phi) is 5.38. The van der Waals surface area contributed by atoms with Crippen LogP contribution in [-0.4, -0.2) is 21.7 Å². The molecule has 2 aliphatic rings. The van der Waals surface area contributed by atoms with E-state index in [2.05, 4.69) is 4.98 Å². The summed E-state index contributed by atoms with van der Waals surface area (Å²) in [6.07, 6.45) is 5.33. The Morgan fingerprint density at radius 3 is 2.52 bits per heavy atom. The summed E-state index contributed by atoms with van der Waals surface area (Å²) in [7, 11) is 0. The number of Topliss-reactive ketones (excluding diaryl/α,β-unsaturated/α-hetero) is 1. The predicted molar refractivity (Wildman–Crippen MR) is 130 cm³/mol. The number of pyridine rings is 1. The van der Waals surface area contributed by atoms with Gasteiger partial charge in [-0.2, -0.15) is 0 Å². The first-order valence-corrected chi connectivity index (χ1v) is 11.2. The van der Waals surface area contributed by atoms with E-state index in [0.717, 1.165) is 28.9 Å². The smallest absolute Gasteiger partial charge is 0.161 e. The molecule has 5 nitrogen and oxygen atoms in total. The maximum absolute atomic E-state index is 13.4. The van der Waals surface area contributed by atoms with Crippen LogP contribution in [0.4, 0.5) is 5.69 Å². The Balaban J connectivity index is 1.85. The average molecular weight is 436 g/mol. The van der Waals surface area contributed by atoms with Crippen LogP contribution in [0.2, 0.25) is 0 Å². The Labute approximate surface area is 193 Å². The van der Waals surface area contributed by atoms with E-state index < -0.39 is 5.92 Å². The number of allylic oxidation sites excluding steroid dienone is 2. The van der Waals surface area contributed by atoms with Crippen molar-refractivity contribution in [2.24, 2.45) is 0 Å². The van der Waals surface area contributed by atoms with Crippen molar-refractivity contribution >= 4 is 23.1 Å². The van der Waals surface area contributed by atoms with Gasteiger partial charge >= 0.3 is 0 Å². The van der Waals surface area contributed by atoms with Gasteiger partial charge in [-0.15, -0.1) is 0 Å². The molecule has 0 spiro atoms. The molecule has 1 unspecified atom stereocenters. The maximum atomic E-state index is 13.4. The minimum Gasteiger partial charge on any atom is -0.507 e. The number of aryl methyl sites for hydroxylation is 1. The molecule has 3 aromatic rings. The third-order valence-corrected chi connectivity index (χ3v) is 6.43. The van der Waals surface area contributed by atoms with Gasteiger partial charge in [-0.25, -0.2) is 0 Å². The topological polar surface area (TPSA) is 77.3 Å². The molecule has 33 heavy (non-hydrogen) atoms. The molecule has 1 aliphatic heterocycles. The van der Waals surface area contributed by atoms with Crippen molar-refractivity contribution in [3.05, 3.63) is 113 Å². The molecule has 0 amide bonds. The first-order valence-electron chi connectivity index (χ1n) is 11.2. The van der Waals surface area contributed by atoms with Crippen LogP contribution < -0.4 is 4.90 Å². The zero-order chi connectivity index (χ0) is 22.9. The normalized spacial score (nSPS) is 20.0. The summed E-state index contributed by atoms with van der Waals surface area (Å²) >= 11 is 0. The van der Waals surface area contributed by atoms with Gasteiger partial charge in [0.05, 0.1) is 5.69 Å². The quantitative estimate of drug-likeness (QED) is 0.499. The largest absolute Gasteiger partial charge is 0.507 e. The lowest BCUT2D eigenvalue weighted by Crippen LogP contribution is -2.42. The summed E-state index contributed by atoms with van der Waals surface area (Å²) in [6.45, 7) is 2.00. The van der Waals surface area contributed by atoms with E-state index in [0.29, 0.717) is 29.6 Å². The molecule has 5 heteroatoms. The van der Waals surface area contributed by atoms with Crippen LogP contribution in [0.25, 0.3) is 5.76 Å². The number of para-hydroxylation sites is 1. The van der Waals surface area contributed by atoms with Gasteiger partial charge in [0.25, 0.3) is 0 Å². The maximum Gasteiger partial charge on any atom is 0.161 e. The third kappa shape index (κ3) is 3.55. The number of aliphatic hydroxyl groups excluding tert-OH is 1. The van der Waals surface area contributed by atoms with Crippen LogP contribution in [0.1, 0.15) is 41.9 Å². The minimum absolute atomic E-state index is 0.0120. The monoisotopic (exact) mass is 435 g/mol. The molecule has 0 fully saturated rings. The van der Waals surface area contributed by atoms with Crippen molar-refractivity contribution in [3.63, 3.8) is 0 Å². The van der Waals surface area contributed by atoms with Crippen LogP contribution in [0.5, 0.6) is 0 Å². The first kappa shape index (κ1) is 20.9. The lowest BCUT2D eigenvalue weighted by molar-refractivity contribution is -0.116. The van der Waals surface area contributed by atoms with Gasteiger partial charge in [-0.3, -0.25) is 20.1 Å². The first-order chi connectivity index (χ1) is 16.1. The molecule has 1 aromatic heterocycles. The summed E-state index contributed by atoms with van der Waals surface area (Å²) < 4.78 is 0. The highest BCUT2D eigenvalue weighted by atomic mass is 16.3. The van der Waals surface area contributed by atoms with Gasteiger partial charge in [-0.1, -0.05) is 54.6 Å². The molecule has 1 aliphatic carbocycles. The van der Waals surface area contributed by atoms with Crippen molar-refractivity contribution in [1.82, 2.24) is 4.98 Å². The van der Waals surface area contributed by atoms with Gasteiger partial charge in [-0.05, 0) is 43.0 Å². The number of hydrogen-bond acceptors (Lipinski definition) is 4. The Hall–Kier alpha value is -3.99. The summed E-state index contributed by atoms with van der Waals surface area (Å²) in [5.41, 5.74) is 5.20. The van der Waals surface area contributed by atoms with Crippen molar-refractivity contribution in [1.29, 1.82) is 5.41 Å². The molecule has 2 N–H and O–H groups in total. The summed E-state index contributed by atoms with van der Waals surface area (Å²) in [6, 6.07) is 20.9. The Morgan fingerprint density at radius 2 is 1.79 bits per heavy atom. The number of amidine groups is 1. The van der Waals surface area contributed by atoms with E-state index in [-0.39, 0.29) is 17.4 Å². The molecule has 0 saturated heterocycles. The van der Waals surface area contributed by atoms with Gasteiger partial charge in [0.15, 0.2) is 5.78 Å². The van der Waals surface area contributed by atoms with Crippen LogP contribution in [0.15, 0.2) is 96.0 Å². The fourth-order valence-electron chi connectivity index (χ4n) is 4.90. The van der Waals surface area contributed by atoms with Gasteiger partial charge < -0.3 is 5.11 Å². The van der Waals surface area contributed by atoms with Crippen LogP contribution in [0.3, 0.4) is 0 Å². The number of ketones is 1. The van der Waals surface area contributed by atoms with Crippen molar-refractivity contribution < 1.29 is 9.90 Å². The average Bonchev–Trinajstić information content (AvgIpc) is 2.85. The molecule has 2 aromatic carbocycles. The number of anilines is 1. The minimum atomic E-state index is -0.547. The van der Waals surface area contributed by atoms with E-state index in [9.17, 15) is 15.3 Å². The van der Waals surface area contributed by atoms with Crippen LogP contribution in [0, 0.1) is 12.3 Å². The summed E-state index contributed by atoms with van der Waals surface area (Å²) in [4.78, 5) is 19.6. The number of aromatic nitrogens is 1. The number of carbonyl (C=O) groups is 1. The Bertz CT molecular complexity index is 1290. The van der Waals surface area contributed by atoms with Crippen LogP contribution in [-0.2, 0) is 4.79 Å². The lowest BCUT2D eigenvalue weighted by atomic mass is 9.73. The molecular formula is C28H25N3O2. The molecule has 164 valence electrons. The number of aliphatic hydroxyl groups is 1. The van der Waals surface area contributed by atoms with Crippen molar-refractivity contribution in [2.75, 3.05) is 4.90 Å². The van der Waals surface area contributed by atoms with Crippen molar-refractivity contribution in [3.8, 4) is 0 Å². The number of rotatable bonds is 3. The highest BCUT2D eigenvalue weighted by molar-refractivity contribution is 6.19. The van der Waals surface area contributed by atoms with Crippen molar-refractivity contribution in [2.45, 2.75) is 32.1 Å². The van der Waals surface area contributed by atoms with E-state index in [1.807, 2.05) is 78.6 Å². The van der Waals surface area contributed by atoms with Gasteiger partial charge in [0, 0.05) is 47.1 Å². The summed E-state index contributed by atoms with van der Waals surface area (Å²) in [5.74, 6) is -0.282. The number of hydrogen-bond donors (Lipinski definition) is 2. The van der Waals surface area contributed by atoms with Crippen LogP contribution >= 0.6 is 0 Å². The molecule has 2 heterocycles. The zero-order valence-electron chi connectivity index (χ0n) is 18.5. The number of nitrogens with one attached hydrogen (secondary N) is 1. The standard InChI is InChI=1S/C28H25N3O2/c1-18-9-5-6-13-21(18)31-22-14-7-15-23(32)25(22)24(20-12-8-16-30-17-20)26(28(31)29)27(33)19-10-3-2-4-11-19/h2-6,8-13,16-17,24,29,33H,7,14-15H2,1H3/b27-26+,29-28?. The second kappa shape index (κ2) is 8.51. The third-order valence-electron chi connectivity index (χ3n) is 6.43. The number of nitrogens with zero attached hydrogens (tertiary/aromatic N) is 2. The fraction of sp³-hybridized carbons (Fsp3) is 0.179. The summed E-state index contributed by atoms with van der Waals surface area (Å²) in [5, 5.41) is 20.8. The second-order valence-electron chi connectivity index (χ2n) is 8.46. The van der Waals surface area contributed by atoms with Gasteiger partial charge in [0.2, 0.25) is 0 Å². The SMILES string of the molecule is Cc1ccccc1N1C(=N)/C(=C(/O)c2ccccc2)C(c2cccnc2)C2=C1CCCC2=O. The Morgan fingerprint density at radius 1 is 1.03 bits per heavy atom. The zero-order valence-corrected chi connectivity index (χ0v) is 18.5. The van der Waals surface area contributed by atoms with E-state index in [4.69, 9.17) is 0 Å². The van der Waals surface area contributed by atoms with Gasteiger partial charge in [0.1, 0.15) is 11.6 Å². The molecule has 0 saturated carbocycles. The fourth-order valence-corrected chi connectivity index (χ4v) is 4.90.